The summed E-state index contributed by atoms with van der Waals surface area (Å²) in [7, 11) is 0. The predicted octanol–water partition coefficient (Wildman–Crippen LogP) is 1.39. The first-order chi connectivity index (χ1) is 24.0. The maximum absolute atomic E-state index is 13.4. The summed E-state index contributed by atoms with van der Waals surface area (Å²) < 4.78 is 5.33. The van der Waals surface area contributed by atoms with Crippen molar-refractivity contribution in [2.24, 2.45) is 17.1 Å². The third-order valence-corrected chi connectivity index (χ3v) is 7.68. The van der Waals surface area contributed by atoms with Crippen LogP contribution in [0, 0.1) is 11.3 Å². The maximum atomic E-state index is 13.4. The van der Waals surface area contributed by atoms with Gasteiger partial charge in [-0.15, -0.1) is 0 Å². The van der Waals surface area contributed by atoms with E-state index in [9.17, 15) is 38.4 Å². The highest BCUT2D eigenvalue weighted by Gasteiger charge is 2.29. The number of anilines is 1. The number of imide groups is 1. The van der Waals surface area contributed by atoms with Crippen molar-refractivity contribution in [1.29, 1.82) is 0 Å². The lowest BCUT2D eigenvalue weighted by atomic mass is 9.97. The molecule has 1 aromatic rings. The second-order valence-corrected chi connectivity index (χ2v) is 13.6. The number of amides is 8. The quantitative estimate of drug-likeness (QED) is 0.0650. The molecule has 2 atom stereocenters. The number of hydrogen-bond donors (Lipinski definition) is 6. The van der Waals surface area contributed by atoms with Gasteiger partial charge in [0.1, 0.15) is 25.2 Å². The predicted molar refractivity (Wildman–Crippen MR) is 187 cm³/mol. The van der Waals surface area contributed by atoms with Crippen LogP contribution in [-0.2, 0) is 44.9 Å². The van der Waals surface area contributed by atoms with Gasteiger partial charge < -0.3 is 37.1 Å². The van der Waals surface area contributed by atoms with Gasteiger partial charge in [0.15, 0.2) is 0 Å². The van der Waals surface area contributed by atoms with Crippen LogP contribution in [0.25, 0.3) is 0 Å². The van der Waals surface area contributed by atoms with Crippen LogP contribution in [-0.4, -0.2) is 84.1 Å². The fraction of sp³-hybridized carbons (Fsp3) is 0.543. The van der Waals surface area contributed by atoms with Crippen LogP contribution in [0.1, 0.15) is 78.7 Å². The average molecular weight is 714 g/mol. The first-order valence-corrected chi connectivity index (χ1v) is 17.0. The SMILES string of the molecule is CC(C)C(NC(=O)CCCCCNC(=O)CN1C(=O)C=CC1=O)C(=O)N[C@@H](CCCNC(N)=O)C(=O)Nc1ccc(COC(=O)C(C)(C)C)cc1. The minimum atomic E-state index is -1.01. The van der Waals surface area contributed by atoms with Gasteiger partial charge >= 0.3 is 12.0 Å². The number of ether oxygens (including phenoxy) is 1. The molecule has 0 aliphatic carbocycles. The molecule has 0 aromatic heterocycles. The van der Waals surface area contributed by atoms with Crippen molar-refractivity contribution in [3.8, 4) is 0 Å². The third-order valence-electron chi connectivity index (χ3n) is 7.68. The molecule has 0 saturated carbocycles. The van der Waals surface area contributed by atoms with Gasteiger partial charge in [-0.1, -0.05) is 32.4 Å². The van der Waals surface area contributed by atoms with Crippen LogP contribution in [0.2, 0.25) is 0 Å². The summed E-state index contributed by atoms with van der Waals surface area (Å²) in [6.45, 7) is 8.99. The Hall–Kier alpha value is -5.28. The number of primary amides is 1. The summed E-state index contributed by atoms with van der Waals surface area (Å²) in [5, 5.41) is 13.4. The highest BCUT2D eigenvalue weighted by Crippen LogP contribution is 2.18. The number of nitrogens with zero attached hydrogens (tertiary/aromatic N) is 1. The Balaban J connectivity index is 1.88. The highest BCUT2D eigenvalue weighted by molar-refractivity contribution is 6.14. The topological polar surface area (TPSA) is 235 Å². The van der Waals surface area contributed by atoms with E-state index in [1.54, 1.807) is 58.9 Å². The molecule has 16 nitrogen and oxygen atoms in total. The number of esters is 1. The molecule has 1 aromatic carbocycles. The van der Waals surface area contributed by atoms with Gasteiger partial charge in [-0.2, -0.15) is 0 Å². The Morgan fingerprint density at radius 2 is 1.43 bits per heavy atom. The Labute approximate surface area is 298 Å². The molecular formula is C35H51N7O9. The summed E-state index contributed by atoms with van der Waals surface area (Å²) in [6.07, 6.45) is 4.46. The van der Waals surface area contributed by atoms with Gasteiger partial charge in [-0.3, -0.25) is 38.5 Å². The molecule has 1 aliphatic rings. The smallest absolute Gasteiger partial charge is 0.312 e. The van der Waals surface area contributed by atoms with Crippen LogP contribution in [0.5, 0.6) is 0 Å². The minimum Gasteiger partial charge on any atom is -0.460 e. The maximum Gasteiger partial charge on any atom is 0.312 e. The Morgan fingerprint density at radius 3 is 2.02 bits per heavy atom. The van der Waals surface area contributed by atoms with Gasteiger partial charge in [-0.05, 0) is 70.1 Å². The molecule has 1 heterocycles. The van der Waals surface area contributed by atoms with E-state index in [1.165, 1.54) is 0 Å². The monoisotopic (exact) mass is 713 g/mol. The first kappa shape index (κ1) is 41.9. The van der Waals surface area contributed by atoms with Crippen molar-refractivity contribution in [2.45, 2.75) is 91.8 Å². The van der Waals surface area contributed by atoms with E-state index in [0.717, 1.165) is 22.6 Å². The fourth-order valence-electron chi connectivity index (χ4n) is 4.71. The normalized spacial score (nSPS) is 13.7. The number of rotatable bonds is 20. The van der Waals surface area contributed by atoms with Crippen LogP contribution in [0.4, 0.5) is 10.5 Å². The number of nitrogens with two attached hydrogens (primary N) is 1. The standard InChI is InChI=1S/C35H51N7O9/c1-22(2)30(41-26(43)11-7-6-8-18-37-27(44)20-42-28(45)16-17-29(42)46)32(48)40-25(10-9-19-38-34(36)50)31(47)39-24-14-12-23(13-15-24)21-51-33(49)35(3,4)5/h12-17,22,25,30H,6-11,18-21H2,1-5H3,(H,37,44)(H,39,47)(H,40,48)(H,41,43)(H3,36,38,50)/t25-,30?/m0/s1. The second-order valence-electron chi connectivity index (χ2n) is 13.6. The second kappa shape index (κ2) is 20.4. The molecule has 8 amide bonds. The zero-order chi connectivity index (χ0) is 38.1. The Kier molecular flexibility index (Phi) is 16.8. The molecule has 1 unspecified atom stereocenters. The van der Waals surface area contributed by atoms with Crippen molar-refractivity contribution in [3.63, 3.8) is 0 Å². The molecule has 16 heteroatoms. The minimum absolute atomic E-state index is 0.0712. The summed E-state index contributed by atoms with van der Waals surface area (Å²) in [5.41, 5.74) is 5.67. The van der Waals surface area contributed by atoms with Crippen LogP contribution < -0.4 is 32.3 Å². The molecule has 7 N–H and O–H groups in total. The molecule has 1 aliphatic heterocycles. The number of urea groups is 1. The van der Waals surface area contributed by atoms with E-state index in [0.29, 0.717) is 37.9 Å². The van der Waals surface area contributed by atoms with Crippen molar-refractivity contribution in [1.82, 2.24) is 26.2 Å². The molecule has 280 valence electrons. The number of benzene rings is 1. The largest absolute Gasteiger partial charge is 0.460 e. The average Bonchev–Trinajstić information content (AvgIpc) is 3.37. The Morgan fingerprint density at radius 1 is 0.804 bits per heavy atom. The molecule has 0 spiro atoms. The van der Waals surface area contributed by atoms with Crippen molar-refractivity contribution < 1.29 is 43.1 Å². The van der Waals surface area contributed by atoms with Crippen molar-refractivity contribution in [2.75, 3.05) is 25.0 Å². The van der Waals surface area contributed by atoms with E-state index in [2.05, 4.69) is 26.6 Å². The number of carbonyl (C=O) groups excluding carboxylic acids is 8. The van der Waals surface area contributed by atoms with E-state index in [1.807, 2.05) is 0 Å². The summed E-state index contributed by atoms with van der Waals surface area (Å²) >= 11 is 0. The molecule has 0 saturated heterocycles. The summed E-state index contributed by atoms with van der Waals surface area (Å²) in [5.74, 6) is -3.60. The van der Waals surface area contributed by atoms with Crippen molar-refractivity contribution in [3.05, 3.63) is 42.0 Å². The third kappa shape index (κ3) is 15.4. The zero-order valence-electron chi connectivity index (χ0n) is 30.0. The molecule has 2 rings (SSSR count). The molecular weight excluding hydrogens is 662 g/mol. The van der Waals surface area contributed by atoms with Crippen LogP contribution >= 0.6 is 0 Å². The number of hydrogen-bond acceptors (Lipinski definition) is 9. The lowest BCUT2D eigenvalue weighted by Crippen LogP contribution is -2.54. The summed E-state index contributed by atoms with van der Waals surface area (Å²) in [6, 6.07) is 4.04. The van der Waals surface area contributed by atoms with Gasteiger partial charge in [0.05, 0.1) is 5.41 Å². The summed E-state index contributed by atoms with van der Waals surface area (Å²) in [4.78, 5) is 98.7. The molecule has 0 radical (unpaired) electrons. The van der Waals surface area contributed by atoms with Gasteiger partial charge in [-0.25, -0.2) is 4.79 Å². The van der Waals surface area contributed by atoms with E-state index in [4.69, 9.17) is 10.5 Å². The Bertz CT molecular complexity index is 1430. The van der Waals surface area contributed by atoms with Gasteiger partial charge in [0, 0.05) is 37.3 Å². The lowest BCUT2D eigenvalue weighted by Gasteiger charge is -2.25. The van der Waals surface area contributed by atoms with E-state index in [-0.39, 0.29) is 50.3 Å². The lowest BCUT2D eigenvalue weighted by molar-refractivity contribution is -0.154. The first-order valence-electron chi connectivity index (χ1n) is 17.0. The highest BCUT2D eigenvalue weighted by atomic mass is 16.5. The van der Waals surface area contributed by atoms with E-state index < -0.39 is 53.1 Å². The molecule has 0 bridgehead atoms. The number of unbranched alkanes of at least 4 members (excludes halogenated alkanes) is 2. The zero-order valence-corrected chi connectivity index (χ0v) is 30.0. The van der Waals surface area contributed by atoms with Crippen LogP contribution in [0.15, 0.2) is 36.4 Å². The van der Waals surface area contributed by atoms with Gasteiger partial charge in [0.2, 0.25) is 23.6 Å². The molecule has 0 fully saturated rings. The number of carbonyl (C=O) groups is 8. The fourth-order valence-corrected chi connectivity index (χ4v) is 4.71. The molecule has 51 heavy (non-hydrogen) atoms. The van der Waals surface area contributed by atoms with Gasteiger partial charge in [0.25, 0.3) is 11.8 Å². The number of nitrogens with one attached hydrogen (secondary N) is 5. The van der Waals surface area contributed by atoms with E-state index >= 15 is 0 Å². The van der Waals surface area contributed by atoms with Crippen molar-refractivity contribution >= 4 is 53.1 Å². The van der Waals surface area contributed by atoms with Crippen LogP contribution in [0.3, 0.4) is 0 Å².